The van der Waals surface area contributed by atoms with Gasteiger partial charge in [0, 0.05) is 21.9 Å². The number of likely N-dealkylation sites (N-methyl/N-ethyl adjacent to an activating group) is 1. The summed E-state index contributed by atoms with van der Waals surface area (Å²) in [5.74, 6) is -1.90. The summed E-state index contributed by atoms with van der Waals surface area (Å²) in [6, 6.07) is 15.5. The predicted molar refractivity (Wildman–Crippen MR) is 124 cm³/mol. The van der Waals surface area contributed by atoms with Crippen LogP contribution in [0, 0.1) is 6.92 Å². The van der Waals surface area contributed by atoms with Crippen molar-refractivity contribution in [2.24, 2.45) is 0 Å². The van der Waals surface area contributed by atoms with Gasteiger partial charge in [-0.1, -0.05) is 47.7 Å². The Morgan fingerprint density at radius 2 is 1.76 bits per heavy atom. The van der Waals surface area contributed by atoms with Crippen LogP contribution in [0.5, 0.6) is 0 Å². The van der Waals surface area contributed by atoms with Crippen LogP contribution in [-0.4, -0.2) is 53.6 Å². The maximum Gasteiger partial charge on any atom is 0.295 e. The van der Waals surface area contributed by atoms with Gasteiger partial charge in [-0.25, -0.2) is 4.68 Å². The number of quaternary nitrogens is 1. The number of amides is 1. The van der Waals surface area contributed by atoms with E-state index in [0.29, 0.717) is 34.9 Å². The first-order valence-electron chi connectivity index (χ1n) is 10.7. The second kappa shape index (κ2) is 9.21. The zero-order valence-electron chi connectivity index (χ0n) is 18.7. The van der Waals surface area contributed by atoms with Crippen molar-refractivity contribution in [3.8, 4) is 5.69 Å². The summed E-state index contributed by atoms with van der Waals surface area (Å²) in [4.78, 5) is 28.7. The molecule has 0 aliphatic carbocycles. The second-order valence-corrected chi connectivity index (χ2v) is 8.81. The van der Waals surface area contributed by atoms with Crippen LogP contribution in [0.25, 0.3) is 11.4 Å². The third-order valence-corrected chi connectivity index (χ3v) is 6.08. The molecule has 33 heavy (non-hydrogen) atoms. The van der Waals surface area contributed by atoms with Gasteiger partial charge in [-0.15, -0.1) is 0 Å². The molecule has 1 saturated heterocycles. The molecule has 1 fully saturated rings. The summed E-state index contributed by atoms with van der Waals surface area (Å²) in [6.07, 6.45) is 1.46. The van der Waals surface area contributed by atoms with Gasteiger partial charge in [-0.05, 0) is 36.8 Å². The van der Waals surface area contributed by atoms with Gasteiger partial charge in [0.25, 0.3) is 5.91 Å². The standard InChI is InChI=1S/C25H25ClN4O3/c1-16-20(15-27-30(16)19-7-5-4-6-8-19)23(31)21-22(17-9-11-18(26)12-10-17)29(14-13-28(2)3)25(33)24(21)32/h4-12,15,22,31H,13-14H2,1-3H3. The Hall–Kier alpha value is -3.42. The number of rotatable bonds is 6. The Balaban J connectivity index is 1.84. The molecule has 1 aromatic heterocycles. The number of likely N-dealkylation sites (tertiary alicyclic amines) is 1. The summed E-state index contributed by atoms with van der Waals surface area (Å²) < 4.78 is 1.65. The highest BCUT2D eigenvalue weighted by Crippen LogP contribution is 2.39. The third-order valence-electron chi connectivity index (χ3n) is 5.82. The van der Waals surface area contributed by atoms with E-state index < -0.39 is 23.5 Å². The Bertz CT molecular complexity index is 1220. The van der Waals surface area contributed by atoms with Crippen LogP contribution in [0.4, 0.5) is 0 Å². The van der Waals surface area contributed by atoms with Crippen LogP contribution in [0.1, 0.15) is 22.9 Å². The lowest BCUT2D eigenvalue weighted by Crippen LogP contribution is -3.06. The summed E-state index contributed by atoms with van der Waals surface area (Å²) in [5, 5.41) is 18.6. The molecule has 3 aromatic rings. The molecule has 0 saturated carbocycles. The van der Waals surface area contributed by atoms with E-state index in [0.717, 1.165) is 10.6 Å². The number of hydrogen-bond acceptors (Lipinski definition) is 4. The van der Waals surface area contributed by atoms with Gasteiger partial charge in [-0.2, -0.15) is 5.10 Å². The Morgan fingerprint density at radius 3 is 2.39 bits per heavy atom. The van der Waals surface area contributed by atoms with Crippen LogP contribution in [0.2, 0.25) is 5.02 Å². The molecule has 1 aliphatic heterocycles. The third kappa shape index (κ3) is 4.29. The van der Waals surface area contributed by atoms with Gasteiger partial charge in [0.05, 0.1) is 45.1 Å². The fourth-order valence-electron chi connectivity index (χ4n) is 4.04. The molecule has 4 rings (SSSR count). The van der Waals surface area contributed by atoms with Crippen molar-refractivity contribution in [2.45, 2.75) is 13.0 Å². The van der Waals surface area contributed by atoms with E-state index >= 15 is 0 Å². The SMILES string of the molecule is Cc1c(C([O-])=C2C(=O)C(=O)N(CC[NH+](C)C)C2c2ccc(Cl)cc2)cnn1-c1ccccc1. The number of nitrogens with zero attached hydrogens (tertiary/aromatic N) is 3. The van der Waals surface area contributed by atoms with Gasteiger partial charge in [0.15, 0.2) is 0 Å². The van der Waals surface area contributed by atoms with E-state index in [2.05, 4.69) is 5.10 Å². The molecule has 7 nitrogen and oxygen atoms in total. The number of carbonyl (C=O) groups excluding carboxylic acids is 2. The summed E-state index contributed by atoms with van der Waals surface area (Å²) in [5.41, 5.74) is 2.33. The topological polar surface area (TPSA) is 82.7 Å². The maximum absolute atomic E-state index is 13.7. The van der Waals surface area contributed by atoms with Crippen LogP contribution in [0.15, 0.2) is 66.4 Å². The Kier molecular flexibility index (Phi) is 6.35. The molecule has 2 aromatic carbocycles. The van der Waals surface area contributed by atoms with Crippen molar-refractivity contribution in [1.29, 1.82) is 0 Å². The Labute approximate surface area is 197 Å². The van der Waals surface area contributed by atoms with Crippen LogP contribution < -0.4 is 10.0 Å². The molecular formula is C25H25ClN4O3. The second-order valence-electron chi connectivity index (χ2n) is 8.37. The summed E-state index contributed by atoms with van der Waals surface area (Å²) in [6.45, 7) is 2.76. The van der Waals surface area contributed by atoms with Crippen molar-refractivity contribution in [1.82, 2.24) is 14.7 Å². The van der Waals surface area contributed by atoms with Crippen molar-refractivity contribution in [3.05, 3.63) is 88.2 Å². The average Bonchev–Trinajstić information content (AvgIpc) is 3.30. The van der Waals surface area contributed by atoms with Crippen molar-refractivity contribution < 1.29 is 19.6 Å². The number of ketones is 1. The van der Waals surface area contributed by atoms with Gasteiger partial charge in [0.1, 0.15) is 0 Å². The van der Waals surface area contributed by atoms with Crippen LogP contribution in [-0.2, 0) is 9.59 Å². The van der Waals surface area contributed by atoms with E-state index in [4.69, 9.17) is 11.6 Å². The molecule has 0 spiro atoms. The van der Waals surface area contributed by atoms with Crippen molar-refractivity contribution in [2.75, 3.05) is 27.2 Å². The summed E-state index contributed by atoms with van der Waals surface area (Å²) in [7, 11) is 3.94. The number of aromatic nitrogens is 2. The summed E-state index contributed by atoms with van der Waals surface area (Å²) >= 11 is 6.06. The molecule has 0 radical (unpaired) electrons. The van der Waals surface area contributed by atoms with Crippen LogP contribution >= 0.6 is 11.6 Å². The largest absolute Gasteiger partial charge is 0.872 e. The average molecular weight is 465 g/mol. The fraction of sp³-hybridized carbons (Fsp3) is 0.240. The van der Waals surface area contributed by atoms with Gasteiger partial charge in [0.2, 0.25) is 5.78 Å². The number of hydrogen-bond donors (Lipinski definition) is 1. The molecule has 2 heterocycles. The lowest BCUT2D eigenvalue weighted by molar-refractivity contribution is -0.857. The number of benzene rings is 2. The minimum Gasteiger partial charge on any atom is -0.872 e. The molecule has 8 heteroatoms. The minimum absolute atomic E-state index is 0.0493. The van der Waals surface area contributed by atoms with E-state index in [1.54, 1.807) is 35.9 Å². The van der Waals surface area contributed by atoms with Gasteiger partial charge >= 0.3 is 0 Å². The number of carbonyl (C=O) groups is 2. The van der Waals surface area contributed by atoms with E-state index in [1.807, 2.05) is 44.4 Å². The first-order valence-corrected chi connectivity index (χ1v) is 11.1. The van der Waals surface area contributed by atoms with Gasteiger partial charge < -0.3 is 14.9 Å². The zero-order valence-corrected chi connectivity index (χ0v) is 19.5. The highest BCUT2D eigenvalue weighted by molar-refractivity contribution is 6.46. The Morgan fingerprint density at radius 1 is 1.09 bits per heavy atom. The lowest BCUT2D eigenvalue weighted by atomic mass is 9.95. The van der Waals surface area contributed by atoms with Crippen molar-refractivity contribution >= 4 is 29.1 Å². The number of halogens is 1. The molecule has 170 valence electrons. The minimum atomic E-state index is -0.770. The zero-order chi connectivity index (χ0) is 23.7. The molecule has 1 aliphatic rings. The maximum atomic E-state index is 13.7. The highest BCUT2D eigenvalue weighted by Gasteiger charge is 2.44. The van der Waals surface area contributed by atoms with E-state index in [9.17, 15) is 14.7 Å². The molecule has 1 N–H and O–H groups in total. The van der Waals surface area contributed by atoms with E-state index in [1.165, 1.54) is 11.1 Å². The number of Topliss-reactive ketones (excluding diaryl/α,β-unsaturated/α-hetero) is 1. The van der Waals surface area contributed by atoms with Gasteiger partial charge in [-0.3, -0.25) is 9.59 Å². The number of para-hydroxylation sites is 1. The molecule has 1 amide bonds. The first-order chi connectivity index (χ1) is 15.8. The lowest BCUT2D eigenvalue weighted by Gasteiger charge is -2.27. The quantitative estimate of drug-likeness (QED) is 0.337. The van der Waals surface area contributed by atoms with Crippen LogP contribution in [0.3, 0.4) is 0 Å². The molecule has 0 bridgehead atoms. The number of nitrogens with one attached hydrogen (secondary N) is 1. The first kappa shape index (κ1) is 22.8. The fourth-order valence-corrected chi connectivity index (χ4v) is 4.17. The molecule has 1 unspecified atom stereocenters. The molecule has 1 atom stereocenters. The molecular weight excluding hydrogens is 440 g/mol. The van der Waals surface area contributed by atoms with Crippen molar-refractivity contribution in [3.63, 3.8) is 0 Å². The smallest absolute Gasteiger partial charge is 0.295 e. The monoisotopic (exact) mass is 464 g/mol. The van der Waals surface area contributed by atoms with E-state index in [-0.39, 0.29) is 5.57 Å². The normalized spacial score (nSPS) is 17.8. The highest BCUT2D eigenvalue weighted by atomic mass is 35.5. The predicted octanol–water partition coefficient (Wildman–Crippen LogP) is 1.20.